The van der Waals surface area contributed by atoms with Gasteiger partial charge in [-0.05, 0) is 5.92 Å². The molecule has 16 heavy (non-hydrogen) atoms. The highest BCUT2D eigenvalue weighted by Gasteiger charge is 2.19. The molecule has 0 radical (unpaired) electrons. The van der Waals surface area contributed by atoms with Crippen LogP contribution in [-0.4, -0.2) is 42.8 Å². The number of carbonyl (C=O) groups excluding carboxylic acids is 1. The van der Waals surface area contributed by atoms with E-state index in [1.54, 1.807) is 0 Å². The number of carboxylic acid groups (broad SMARTS) is 1. The van der Waals surface area contributed by atoms with Gasteiger partial charge in [0, 0.05) is 12.6 Å². The third-order valence-electron chi connectivity index (χ3n) is 2.04. The number of amides is 1. The van der Waals surface area contributed by atoms with Crippen molar-refractivity contribution in [3.8, 4) is 0 Å². The maximum absolute atomic E-state index is 11.3. The van der Waals surface area contributed by atoms with E-state index in [1.165, 1.54) is 0 Å². The zero-order valence-corrected chi connectivity index (χ0v) is 9.73. The maximum Gasteiger partial charge on any atom is 0.305 e. The molecule has 94 valence electrons. The summed E-state index contributed by atoms with van der Waals surface area (Å²) in [5, 5.41) is 11.3. The Morgan fingerprint density at radius 1 is 1.44 bits per heavy atom. The van der Waals surface area contributed by atoms with Crippen LogP contribution in [0.25, 0.3) is 0 Å². The second kappa shape index (κ2) is 8.06. The minimum absolute atomic E-state index is 0.0644. The first-order valence-corrected chi connectivity index (χ1v) is 5.26. The summed E-state index contributed by atoms with van der Waals surface area (Å²) in [7, 11) is 0. The molecular weight excluding hydrogens is 212 g/mol. The number of aliphatic carboxylic acids is 1. The first-order chi connectivity index (χ1) is 7.47. The summed E-state index contributed by atoms with van der Waals surface area (Å²) in [5.74, 6) is -1.18. The first-order valence-electron chi connectivity index (χ1n) is 5.26. The molecule has 0 heterocycles. The number of carbonyl (C=O) groups is 2. The molecule has 0 aliphatic carbocycles. The van der Waals surface area contributed by atoms with Crippen molar-refractivity contribution >= 4 is 11.9 Å². The summed E-state index contributed by atoms with van der Waals surface area (Å²) in [4.78, 5) is 21.9. The van der Waals surface area contributed by atoms with E-state index in [-0.39, 0.29) is 30.9 Å². The van der Waals surface area contributed by atoms with Gasteiger partial charge < -0.3 is 20.9 Å². The van der Waals surface area contributed by atoms with E-state index < -0.39 is 5.97 Å². The summed E-state index contributed by atoms with van der Waals surface area (Å²) >= 11 is 0. The second-order valence-electron chi connectivity index (χ2n) is 3.86. The van der Waals surface area contributed by atoms with Crippen LogP contribution in [0.2, 0.25) is 0 Å². The molecule has 0 aliphatic heterocycles. The topological polar surface area (TPSA) is 102 Å². The fraction of sp³-hybridized carbons (Fsp3) is 0.800. The quantitative estimate of drug-likeness (QED) is 0.493. The number of ether oxygens (including phenoxy) is 1. The van der Waals surface area contributed by atoms with Crippen LogP contribution in [0, 0.1) is 5.92 Å². The highest BCUT2D eigenvalue weighted by atomic mass is 16.5. The van der Waals surface area contributed by atoms with Crippen LogP contribution in [0.3, 0.4) is 0 Å². The summed E-state index contributed by atoms with van der Waals surface area (Å²) in [6.45, 7) is 4.30. The number of hydrogen-bond acceptors (Lipinski definition) is 4. The van der Waals surface area contributed by atoms with E-state index in [0.717, 1.165) is 0 Å². The van der Waals surface area contributed by atoms with Crippen LogP contribution in [-0.2, 0) is 14.3 Å². The normalized spacial score (nSPS) is 12.5. The molecule has 0 spiro atoms. The van der Waals surface area contributed by atoms with Crippen molar-refractivity contribution in [3.05, 3.63) is 0 Å². The number of carboxylic acids is 1. The predicted molar refractivity (Wildman–Crippen MR) is 58.9 cm³/mol. The monoisotopic (exact) mass is 232 g/mol. The highest BCUT2D eigenvalue weighted by molar-refractivity contribution is 5.78. The summed E-state index contributed by atoms with van der Waals surface area (Å²) in [5.41, 5.74) is 5.20. The molecule has 0 aromatic rings. The molecule has 4 N–H and O–H groups in total. The van der Waals surface area contributed by atoms with Gasteiger partial charge in [0.05, 0.1) is 13.0 Å². The second-order valence-corrected chi connectivity index (χ2v) is 3.86. The van der Waals surface area contributed by atoms with Gasteiger partial charge in [-0.2, -0.15) is 0 Å². The lowest BCUT2D eigenvalue weighted by atomic mass is 10.0. The van der Waals surface area contributed by atoms with Crippen LogP contribution in [0.1, 0.15) is 20.3 Å². The van der Waals surface area contributed by atoms with Crippen LogP contribution in [0.4, 0.5) is 0 Å². The van der Waals surface area contributed by atoms with Gasteiger partial charge in [-0.25, -0.2) is 0 Å². The lowest BCUT2D eigenvalue weighted by Crippen LogP contribution is -2.42. The van der Waals surface area contributed by atoms with Crippen LogP contribution in [0.15, 0.2) is 0 Å². The van der Waals surface area contributed by atoms with Crippen molar-refractivity contribution in [3.63, 3.8) is 0 Å². The van der Waals surface area contributed by atoms with Gasteiger partial charge in [0.25, 0.3) is 0 Å². The lowest BCUT2D eigenvalue weighted by molar-refractivity contribution is -0.138. The van der Waals surface area contributed by atoms with Crippen molar-refractivity contribution in [1.29, 1.82) is 0 Å². The molecule has 0 rings (SSSR count). The van der Waals surface area contributed by atoms with Gasteiger partial charge in [0.1, 0.15) is 6.61 Å². The molecule has 6 heteroatoms. The van der Waals surface area contributed by atoms with Crippen molar-refractivity contribution in [2.75, 3.05) is 19.8 Å². The van der Waals surface area contributed by atoms with E-state index in [1.807, 2.05) is 13.8 Å². The fourth-order valence-electron chi connectivity index (χ4n) is 1.14. The SMILES string of the molecule is CC(C)C(CC(=O)O)NC(=O)COCCN. The Kier molecular flexibility index (Phi) is 7.49. The molecule has 6 nitrogen and oxygen atoms in total. The Balaban J connectivity index is 3.98. The number of rotatable bonds is 8. The third-order valence-corrected chi connectivity index (χ3v) is 2.04. The Bertz CT molecular complexity index is 231. The molecule has 1 amide bonds. The van der Waals surface area contributed by atoms with Crippen molar-refractivity contribution in [2.24, 2.45) is 11.7 Å². The van der Waals surface area contributed by atoms with Gasteiger partial charge in [-0.1, -0.05) is 13.8 Å². The molecular formula is C10H20N2O4. The predicted octanol–water partition coefficient (Wildman–Crippen LogP) is -0.423. The molecule has 0 aliphatic rings. The average molecular weight is 232 g/mol. The molecule has 1 unspecified atom stereocenters. The smallest absolute Gasteiger partial charge is 0.305 e. The molecule has 0 saturated carbocycles. The average Bonchev–Trinajstić information content (AvgIpc) is 2.16. The minimum atomic E-state index is -0.929. The fourth-order valence-corrected chi connectivity index (χ4v) is 1.14. The van der Waals surface area contributed by atoms with E-state index in [2.05, 4.69) is 5.32 Å². The summed E-state index contributed by atoms with van der Waals surface area (Å²) < 4.78 is 4.95. The summed E-state index contributed by atoms with van der Waals surface area (Å²) in [6, 6.07) is -0.369. The van der Waals surface area contributed by atoms with Gasteiger partial charge in [-0.15, -0.1) is 0 Å². The molecule has 0 bridgehead atoms. The molecule has 0 aromatic heterocycles. The van der Waals surface area contributed by atoms with Gasteiger partial charge in [-0.3, -0.25) is 9.59 Å². The van der Waals surface area contributed by atoms with Gasteiger partial charge in [0.15, 0.2) is 0 Å². The highest BCUT2D eigenvalue weighted by Crippen LogP contribution is 2.05. The number of nitrogens with two attached hydrogens (primary N) is 1. The van der Waals surface area contributed by atoms with E-state index in [4.69, 9.17) is 15.6 Å². The standard InChI is InChI=1S/C10H20N2O4/c1-7(2)8(5-10(14)15)12-9(13)6-16-4-3-11/h7-8H,3-6,11H2,1-2H3,(H,12,13)(H,14,15). The van der Waals surface area contributed by atoms with Crippen LogP contribution < -0.4 is 11.1 Å². The molecule has 0 saturated heterocycles. The Morgan fingerprint density at radius 3 is 2.50 bits per heavy atom. The van der Waals surface area contributed by atoms with Crippen molar-refractivity contribution in [2.45, 2.75) is 26.3 Å². The molecule has 0 aromatic carbocycles. The Hall–Kier alpha value is -1.14. The lowest BCUT2D eigenvalue weighted by Gasteiger charge is -2.20. The third kappa shape index (κ3) is 7.19. The van der Waals surface area contributed by atoms with E-state index in [0.29, 0.717) is 13.2 Å². The first kappa shape index (κ1) is 14.9. The largest absolute Gasteiger partial charge is 0.481 e. The number of nitrogens with one attached hydrogen (secondary N) is 1. The zero-order valence-electron chi connectivity index (χ0n) is 9.73. The van der Waals surface area contributed by atoms with E-state index in [9.17, 15) is 9.59 Å². The van der Waals surface area contributed by atoms with Crippen LogP contribution in [0.5, 0.6) is 0 Å². The summed E-state index contributed by atoms with van der Waals surface area (Å²) in [6.07, 6.45) is -0.0830. The van der Waals surface area contributed by atoms with Crippen LogP contribution >= 0.6 is 0 Å². The van der Waals surface area contributed by atoms with Gasteiger partial charge in [0.2, 0.25) is 5.91 Å². The number of hydrogen-bond donors (Lipinski definition) is 3. The Labute approximate surface area is 95.1 Å². The van der Waals surface area contributed by atoms with Crippen molar-refractivity contribution < 1.29 is 19.4 Å². The van der Waals surface area contributed by atoms with Crippen molar-refractivity contribution in [1.82, 2.24) is 5.32 Å². The van der Waals surface area contributed by atoms with E-state index >= 15 is 0 Å². The molecule has 0 fully saturated rings. The Morgan fingerprint density at radius 2 is 2.06 bits per heavy atom. The van der Waals surface area contributed by atoms with Gasteiger partial charge >= 0.3 is 5.97 Å². The zero-order chi connectivity index (χ0) is 12.6. The maximum atomic E-state index is 11.3. The minimum Gasteiger partial charge on any atom is -0.481 e. The molecule has 1 atom stereocenters.